The summed E-state index contributed by atoms with van der Waals surface area (Å²) in [6, 6.07) is 34.6. The van der Waals surface area contributed by atoms with E-state index >= 15 is 0 Å². The first-order valence-corrected chi connectivity index (χ1v) is 14.0. The Balaban J connectivity index is 0.000000244. The van der Waals surface area contributed by atoms with E-state index in [1.54, 1.807) is 18.6 Å². The Hall–Kier alpha value is -5.20. The number of nitrogens with zero attached hydrogens (tertiary/aromatic N) is 4. The van der Waals surface area contributed by atoms with Gasteiger partial charge in [0.15, 0.2) is 0 Å². The van der Waals surface area contributed by atoms with E-state index in [4.69, 9.17) is 5.73 Å². The predicted octanol–water partition coefficient (Wildman–Crippen LogP) is 7.76. The van der Waals surface area contributed by atoms with Gasteiger partial charge in [-0.05, 0) is 78.1 Å². The molecule has 6 nitrogen and oxygen atoms in total. The van der Waals surface area contributed by atoms with Crippen molar-refractivity contribution in [2.75, 3.05) is 11.9 Å². The molecular formula is C36H34N6. The van der Waals surface area contributed by atoms with Crippen LogP contribution in [-0.4, -0.2) is 26.5 Å². The Morgan fingerprint density at radius 2 is 1.36 bits per heavy atom. The molecule has 3 N–H and O–H groups in total. The van der Waals surface area contributed by atoms with Crippen LogP contribution in [0, 0.1) is 6.92 Å². The van der Waals surface area contributed by atoms with Gasteiger partial charge >= 0.3 is 0 Å². The molecule has 0 saturated carbocycles. The normalized spacial score (nSPS) is 11.2. The van der Waals surface area contributed by atoms with Crippen molar-refractivity contribution in [1.82, 2.24) is 19.9 Å². The van der Waals surface area contributed by atoms with Crippen molar-refractivity contribution in [3.8, 4) is 33.5 Å². The van der Waals surface area contributed by atoms with Crippen LogP contribution in [0.5, 0.6) is 0 Å². The van der Waals surface area contributed by atoms with E-state index < -0.39 is 0 Å². The predicted molar refractivity (Wildman–Crippen MR) is 172 cm³/mol. The third kappa shape index (κ3) is 7.71. The molecule has 4 aromatic heterocycles. The van der Waals surface area contributed by atoms with E-state index in [0.717, 1.165) is 57.9 Å². The Labute approximate surface area is 247 Å². The van der Waals surface area contributed by atoms with E-state index in [0.29, 0.717) is 0 Å². The molecule has 1 unspecified atom stereocenters. The smallest absolute Gasteiger partial charge is 0.126 e. The second-order valence-corrected chi connectivity index (χ2v) is 9.90. The Kier molecular flexibility index (Phi) is 9.74. The number of rotatable bonds is 8. The second kappa shape index (κ2) is 14.4. The molecule has 0 aliphatic carbocycles. The highest BCUT2D eigenvalue weighted by Crippen LogP contribution is 2.33. The van der Waals surface area contributed by atoms with Crippen LogP contribution in [0.3, 0.4) is 0 Å². The number of nitrogens with one attached hydrogen (secondary N) is 1. The standard InChI is InChI=1S/C26H26N4.C10H8N2/c1-19-6-5-9-22(16-19)24-18-30-26(17-23(24)20-10-13-28-14-11-20)29-15-12-25(27)21-7-3-2-4-8-21;1-2-6-12-10(3-1)9-4-7-11-8-5-9/h2-11,13-14,16-18,25H,12,15,27H2,1H3,(H,29,30);1-8H. The van der Waals surface area contributed by atoms with Crippen LogP contribution in [0.1, 0.15) is 23.6 Å². The fourth-order valence-electron chi connectivity index (χ4n) is 4.64. The molecule has 208 valence electrons. The van der Waals surface area contributed by atoms with Crippen LogP contribution in [0.15, 0.2) is 140 Å². The lowest BCUT2D eigenvalue weighted by Crippen LogP contribution is -2.15. The molecule has 42 heavy (non-hydrogen) atoms. The van der Waals surface area contributed by atoms with E-state index in [9.17, 15) is 0 Å². The van der Waals surface area contributed by atoms with Crippen molar-refractivity contribution >= 4 is 5.82 Å². The van der Waals surface area contributed by atoms with Crippen LogP contribution in [0.2, 0.25) is 0 Å². The minimum absolute atomic E-state index is 0.00457. The Morgan fingerprint density at radius 3 is 2.05 bits per heavy atom. The van der Waals surface area contributed by atoms with E-state index in [-0.39, 0.29) is 6.04 Å². The van der Waals surface area contributed by atoms with Crippen molar-refractivity contribution in [2.45, 2.75) is 19.4 Å². The van der Waals surface area contributed by atoms with Crippen molar-refractivity contribution in [1.29, 1.82) is 0 Å². The van der Waals surface area contributed by atoms with Crippen LogP contribution in [-0.2, 0) is 0 Å². The molecule has 6 aromatic rings. The number of anilines is 1. The van der Waals surface area contributed by atoms with Crippen LogP contribution in [0.4, 0.5) is 5.82 Å². The summed E-state index contributed by atoms with van der Waals surface area (Å²) in [5.41, 5.74) is 15.3. The number of aryl methyl sites for hydroxylation is 1. The highest BCUT2D eigenvalue weighted by molar-refractivity contribution is 5.84. The number of pyridine rings is 4. The molecule has 0 radical (unpaired) electrons. The van der Waals surface area contributed by atoms with Gasteiger partial charge in [0.25, 0.3) is 0 Å². The fourth-order valence-corrected chi connectivity index (χ4v) is 4.64. The summed E-state index contributed by atoms with van der Waals surface area (Å²) in [5, 5.41) is 3.44. The van der Waals surface area contributed by atoms with Gasteiger partial charge in [-0.25, -0.2) is 4.98 Å². The minimum Gasteiger partial charge on any atom is -0.370 e. The zero-order valence-electron chi connectivity index (χ0n) is 23.6. The minimum atomic E-state index is 0.00457. The lowest BCUT2D eigenvalue weighted by atomic mass is 9.96. The molecule has 2 aromatic carbocycles. The van der Waals surface area contributed by atoms with E-state index in [2.05, 4.69) is 74.6 Å². The number of aromatic nitrogens is 4. The number of hydrogen-bond donors (Lipinski definition) is 2. The van der Waals surface area contributed by atoms with Crippen LogP contribution < -0.4 is 11.1 Å². The summed E-state index contributed by atoms with van der Waals surface area (Å²) in [7, 11) is 0. The van der Waals surface area contributed by atoms with Gasteiger partial charge in [0.2, 0.25) is 0 Å². The first-order valence-electron chi connectivity index (χ1n) is 14.0. The molecule has 1 atom stereocenters. The zero-order chi connectivity index (χ0) is 29.0. The first-order chi connectivity index (χ1) is 20.7. The van der Waals surface area contributed by atoms with Gasteiger partial charge in [0.1, 0.15) is 5.82 Å². The van der Waals surface area contributed by atoms with Crippen molar-refractivity contribution in [2.24, 2.45) is 5.73 Å². The maximum atomic E-state index is 6.33. The molecule has 0 aliphatic heterocycles. The highest BCUT2D eigenvalue weighted by atomic mass is 15.0. The van der Waals surface area contributed by atoms with Gasteiger partial charge in [0.05, 0.1) is 5.69 Å². The SMILES string of the molecule is Cc1cccc(-c2cnc(NCCC(N)c3ccccc3)cc2-c2ccncc2)c1.c1ccc(-c2ccncc2)nc1. The first kappa shape index (κ1) is 28.3. The maximum absolute atomic E-state index is 6.33. The average molecular weight is 551 g/mol. The zero-order valence-corrected chi connectivity index (χ0v) is 23.6. The third-order valence-corrected chi connectivity index (χ3v) is 6.85. The van der Waals surface area contributed by atoms with E-state index in [1.165, 1.54) is 5.56 Å². The third-order valence-electron chi connectivity index (χ3n) is 6.85. The average Bonchev–Trinajstić information content (AvgIpc) is 3.06. The van der Waals surface area contributed by atoms with Gasteiger partial charge < -0.3 is 11.1 Å². The summed E-state index contributed by atoms with van der Waals surface area (Å²) in [4.78, 5) is 17.0. The quantitative estimate of drug-likeness (QED) is 0.201. The summed E-state index contributed by atoms with van der Waals surface area (Å²) in [6.45, 7) is 2.86. The summed E-state index contributed by atoms with van der Waals surface area (Å²) in [6.07, 6.45) is 11.7. The van der Waals surface area contributed by atoms with Crippen molar-refractivity contribution in [3.05, 3.63) is 151 Å². The van der Waals surface area contributed by atoms with E-state index in [1.807, 2.05) is 79.3 Å². The number of hydrogen-bond acceptors (Lipinski definition) is 6. The molecule has 4 heterocycles. The van der Waals surface area contributed by atoms with Crippen molar-refractivity contribution in [3.63, 3.8) is 0 Å². The summed E-state index contributed by atoms with van der Waals surface area (Å²) < 4.78 is 0. The van der Waals surface area contributed by atoms with Gasteiger partial charge in [-0.15, -0.1) is 0 Å². The van der Waals surface area contributed by atoms with Crippen LogP contribution in [0.25, 0.3) is 33.5 Å². The van der Waals surface area contributed by atoms with Crippen molar-refractivity contribution < 1.29 is 0 Å². The fraction of sp³-hybridized carbons (Fsp3) is 0.111. The molecule has 0 bridgehead atoms. The second-order valence-electron chi connectivity index (χ2n) is 9.90. The van der Waals surface area contributed by atoms with Gasteiger partial charge in [0, 0.05) is 60.9 Å². The summed E-state index contributed by atoms with van der Waals surface area (Å²) in [5.74, 6) is 0.846. The van der Waals surface area contributed by atoms with Crippen LogP contribution >= 0.6 is 0 Å². The summed E-state index contributed by atoms with van der Waals surface area (Å²) >= 11 is 0. The largest absolute Gasteiger partial charge is 0.370 e. The molecular weight excluding hydrogens is 516 g/mol. The highest BCUT2D eigenvalue weighted by Gasteiger charge is 2.11. The number of benzene rings is 2. The Bertz CT molecular complexity index is 1620. The Morgan fingerprint density at radius 1 is 0.643 bits per heavy atom. The molecule has 6 rings (SSSR count). The lowest BCUT2D eigenvalue weighted by Gasteiger charge is -2.15. The van der Waals surface area contributed by atoms with Gasteiger partial charge in [-0.1, -0.05) is 66.2 Å². The number of nitrogens with two attached hydrogens (primary N) is 1. The molecule has 6 heteroatoms. The molecule has 0 saturated heterocycles. The molecule has 0 aliphatic rings. The lowest BCUT2D eigenvalue weighted by molar-refractivity contribution is 0.674. The molecule has 0 spiro atoms. The monoisotopic (exact) mass is 550 g/mol. The molecule has 0 amide bonds. The topological polar surface area (TPSA) is 89.6 Å². The van der Waals surface area contributed by atoms with Gasteiger partial charge in [-0.3, -0.25) is 15.0 Å². The van der Waals surface area contributed by atoms with Gasteiger partial charge in [-0.2, -0.15) is 0 Å². The maximum Gasteiger partial charge on any atom is 0.126 e. The molecule has 0 fully saturated rings.